The van der Waals surface area contributed by atoms with Crippen LogP contribution in [0, 0.1) is 6.92 Å². The summed E-state index contributed by atoms with van der Waals surface area (Å²) in [4.78, 5) is 0. The van der Waals surface area contributed by atoms with Crippen molar-refractivity contribution in [2.45, 2.75) is 52.7 Å². The van der Waals surface area contributed by atoms with Crippen LogP contribution < -0.4 is 10.1 Å². The van der Waals surface area contributed by atoms with Gasteiger partial charge in [0.05, 0.1) is 0 Å². The van der Waals surface area contributed by atoms with E-state index in [9.17, 15) is 0 Å². The fourth-order valence-electron chi connectivity index (χ4n) is 1.61. The number of hydrogen-bond acceptors (Lipinski definition) is 2. The van der Waals surface area contributed by atoms with Gasteiger partial charge in [0.25, 0.3) is 0 Å². The maximum absolute atomic E-state index is 6.03. The van der Waals surface area contributed by atoms with E-state index >= 15 is 0 Å². The van der Waals surface area contributed by atoms with Gasteiger partial charge in [-0.15, -0.1) is 0 Å². The van der Waals surface area contributed by atoms with Gasteiger partial charge in [-0.25, -0.2) is 0 Å². The Morgan fingerprint density at radius 1 is 1.18 bits per heavy atom. The molecule has 0 saturated heterocycles. The fourth-order valence-corrected chi connectivity index (χ4v) is 1.61. The Hall–Kier alpha value is -1.02. The smallest absolute Gasteiger partial charge is 0.122 e. The summed E-state index contributed by atoms with van der Waals surface area (Å²) in [7, 11) is 0. The third-order valence-electron chi connectivity index (χ3n) is 3.15. The molecule has 0 heterocycles. The lowest BCUT2D eigenvalue weighted by atomic mass is 10.2. The standard InChI is InChI=1S/C15H25NO/c1-5-13(4)16-11-14(6-2)17-15-10-8-7-9-12(15)3/h7-10,13-14,16H,5-6,11H2,1-4H3/t13-,14+/m0/s1. The van der Waals surface area contributed by atoms with E-state index in [4.69, 9.17) is 4.74 Å². The van der Waals surface area contributed by atoms with Crippen molar-refractivity contribution < 1.29 is 4.74 Å². The van der Waals surface area contributed by atoms with E-state index in [2.05, 4.69) is 39.1 Å². The molecule has 96 valence electrons. The molecular weight excluding hydrogens is 210 g/mol. The van der Waals surface area contributed by atoms with Crippen molar-refractivity contribution in [1.82, 2.24) is 5.32 Å². The zero-order valence-corrected chi connectivity index (χ0v) is 11.5. The molecule has 0 aliphatic heterocycles. The van der Waals surface area contributed by atoms with Crippen molar-refractivity contribution in [3.05, 3.63) is 29.8 Å². The number of rotatable bonds is 7. The predicted molar refractivity (Wildman–Crippen MR) is 73.6 cm³/mol. The highest BCUT2D eigenvalue weighted by molar-refractivity contribution is 5.31. The first-order valence-corrected chi connectivity index (χ1v) is 6.63. The molecule has 0 bridgehead atoms. The topological polar surface area (TPSA) is 21.3 Å². The molecule has 0 fully saturated rings. The second-order valence-electron chi connectivity index (χ2n) is 4.63. The summed E-state index contributed by atoms with van der Waals surface area (Å²) >= 11 is 0. The van der Waals surface area contributed by atoms with Crippen LogP contribution >= 0.6 is 0 Å². The molecule has 1 rings (SSSR count). The minimum Gasteiger partial charge on any atom is -0.489 e. The third kappa shape index (κ3) is 4.78. The minimum absolute atomic E-state index is 0.255. The van der Waals surface area contributed by atoms with Gasteiger partial charge >= 0.3 is 0 Å². The molecule has 0 aliphatic rings. The Labute approximate surface area is 105 Å². The van der Waals surface area contributed by atoms with Gasteiger partial charge in [0.2, 0.25) is 0 Å². The largest absolute Gasteiger partial charge is 0.489 e. The Morgan fingerprint density at radius 3 is 2.47 bits per heavy atom. The number of ether oxygens (including phenoxy) is 1. The van der Waals surface area contributed by atoms with Gasteiger partial charge < -0.3 is 10.1 Å². The first-order valence-electron chi connectivity index (χ1n) is 6.63. The lowest BCUT2D eigenvalue weighted by Gasteiger charge is -2.21. The van der Waals surface area contributed by atoms with E-state index in [1.54, 1.807) is 0 Å². The van der Waals surface area contributed by atoms with Crippen LogP contribution in [0.3, 0.4) is 0 Å². The number of benzene rings is 1. The molecule has 1 aromatic carbocycles. The van der Waals surface area contributed by atoms with Crippen LogP contribution in [-0.2, 0) is 0 Å². The molecule has 0 aliphatic carbocycles. The van der Waals surface area contributed by atoms with Crippen LogP contribution in [0.25, 0.3) is 0 Å². The molecule has 0 radical (unpaired) electrons. The van der Waals surface area contributed by atoms with Crippen LogP contribution in [0.2, 0.25) is 0 Å². The Kier molecular flexibility index (Phi) is 6.06. The second-order valence-corrected chi connectivity index (χ2v) is 4.63. The average molecular weight is 235 g/mol. The van der Waals surface area contributed by atoms with Gasteiger partial charge in [-0.1, -0.05) is 32.0 Å². The molecule has 0 aromatic heterocycles. The molecule has 2 nitrogen and oxygen atoms in total. The molecule has 0 spiro atoms. The SMILES string of the molecule is CC[C@H](CN[C@@H](C)CC)Oc1ccccc1C. The van der Waals surface area contributed by atoms with E-state index in [0.717, 1.165) is 25.1 Å². The highest BCUT2D eigenvalue weighted by Crippen LogP contribution is 2.18. The summed E-state index contributed by atoms with van der Waals surface area (Å²) in [6.45, 7) is 9.58. The highest BCUT2D eigenvalue weighted by Gasteiger charge is 2.10. The second kappa shape index (κ2) is 7.33. The predicted octanol–water partition coefficient (Wildman–Crippen LogP) is 3.54. The first kappa shape index (κ1) is 14.0. The summed E-state index contributed by atoms with van der Waals surface area (Å²) in [5, 5.41) is 3.50. The molecule has 0 amide bonds. The van der Waals surface area contributed by atoms with E-state index in [1.165, 1.54) is 5.56 Å². The fraction of sp³-hybridized carbons (Fsp3) is 0.600. The van der Waals surface area contributed by atoms with E-state index in [0.29, 0.717) is 6.04 Å². The van der Waals surface area contributed by atoms with E-state index < -0.39 is 0 Å². The van der Waals surface area contributed by atoms with E-state index in [1.807, 2.05) is 18.2 Å². The highest BCUT2D eigenvalue weighted by atomic mass is 16.5. The lowest BCUT2D eigenvalue weighted by molar-refractivity contribution is 0.187. The van der Waals surface area contributed by atoms with Crippen LogP contribution in [0.5, 0.6) is 5.75 Å². The van der Waals surface area contributed by atoms with Crippen molar-refractivity contribution in [1.29, 1.82) is 0 Å². The molecule has 1 N–H and O–H groups in total. The molecule has 0 unspecified atom stereocenters. The maximum atomic E-state index is 6.03. The van der Waals surface area contributed by atoms with Crippen LogP contribution in [-0.4, -0.2) is 18.7 Å². The maximum Gasteiger partial charge on any atom is 0.122 e. The van der Waals surface area contributed by atoms with Crippen molar-refractivity contribution in [2.75, 3.05) is 6.54 Å². The number of nitrogens with one attached hydrogen (secondary N) is 1. The molecule has 2 atom stereocenters. The van der Waals surface area contributed by atoms with Crippen LogP contribution in [0.1, 0.15) is 39.2 Å². The number of aryl methyl sites for hydroxylation is 1. The number of hydrogen-bond donors (Lipinski definition) is 1. The quantitative estimate of drug-likeness (QED) is 0.780. The van der Waals surface area contributed by atoms with Gasteiger partial charge in [0.1, 0.15) is 11.9 Å². The van der Waals surface area contributed by atoms with Gasteiger partial charge in [0.15, 0.2) is 0 Å². The Bertz CT molecular complexity index is 324. The zero-order chi connectivity index (χ0) is 12.7. The number of para-hydroxylation sites is 1. The molecule has 2 heteroatoms. The van der Waals surface area contributed by atoms with Crippen molar-refractivity contribution in [3.63, 3.8) is 0 Å². The zero-order valence-electron chi connectivity index (χ0n) is 11.5. The average Bonchev–Trinajstić information content (AvgIpc) is 2.36. The minimum atomic E-state index is 0.255. The van der Waals surface area contributed by atoms with Gasteiger partial charge in [-0.2, -0.15) is 0 Å². The summed E-state index contributed by atoms with van der Waals surface area (Å²) < 4.78 is 6.03. The molecule has 1 aromatic rings. The summed E-state index contributed by atoms with van der Waals surface area (Å²) in [6.07, 6.45) is 2.43. The van der Waals surface area contributed by atoms with Crippen molar-refractivity contribution in [2.24, 2.45) is 0 Å². The summed E-state index contributed by atoms with van der Waals surface area (Å²) in [5.41, 5.74) is 1.20. The first-order chi connectivity index (χ1) is 8.17. The monoisotopic (exact) mass is 235 g/mol. The lowest BCUT2D eigenvalue weighted by Crippen LogP contribution is -2.36. The van der Waals surface area contributed by atoms with Gasteiger partial charge in [0, 0.05) is 12.6 Å². The molecular formula is C15H25NO. The third-order valence-corrected chi connectivity index (χ3v) is 3.15. The normalized spacial score (nSPS) is 14.4. The molecule has 0 saturated carbocycles. The van der Waals surface area contributed by atoms with Gasteiger partial charge in [-0.3, -0.25) is 0 Å². The Balaban J connectivity index is 2.49. The van der Waals surface area contributed by atoms with Crippen molar-refractivity contribution >= 4 is 0 Å². The van der Waals surface area contributed by atoms with Crippen LogP contribution in [0.15, 0.2) is 24.3 Å². The van der Waals surface area contributed by atoms with Gasteiger partial charge in [-0.05, 0) is 38.3 Å². The molecule has 17 heavy (non-hydrogen) atoms. The van der Waals surface area contributed by atoms with Crippen molar-refractivity contribution in [3.8, 4) is 5.75 Å². The summed E-state index contributed by atoms with van der Waals surface area (Å²) in [6, 6.07) is 8.76. The van der Waals surface area contributed by atoms with E-state index in [-0.39, 0.29) is 6.10 Å². The summed E-state index contributed by atoms with van der Waals surface area (Å²) in [5.74, 6) is 1.00. The van der Waals surface area contributed by atoms with Crippen LogP contribution in [0.4, 0.5) is 0 Å². The Morgan fingerprint density at radius 2 is 1.88 bits per heavy atom.